The molecule has 3 nitrogen and oxygen atoms in total. The van der Waals surface area contributed by atoms with Gasteiger partial charge in [-0.3, -0.25) is 4.84 Å². The highest BCUT2D eigenvalue weighted by Gasteiger charge is 2.14. The third kappa shape index (κ3) is 3.47. The highest BCUT2D eigenvalue weighted by atomic mass is 16.7. The first-order valence-corrected chi connectivity index (χ1v) is 6.69. The fourth-order valence-electron chi connectivity index (χ4n) is 2.28. The molecule has 0 atom stereocenters. The van der Waals surface area contributed by atoms with Gasteiger partial charge in [-0.25, -0.2) is 0 Å². The van der Waals surface area contributed by atoms with Crippen LogP contribution in [0, 0.1) is 0 Å². The lowest BCUT2D eigenvalue weighted by Crippen LogP contribution is -2.29. The molecule has 0 saturated heterocycles. The van der Waals surface area contributed by atoms with Gasteiger partial charge in [0, 0.05) is 25.8 Å². The molecule has 3 heteroatoms. The van der Waals surface area contributed by atoms with Crippen LogP contribution in [0.1, 0.15) is 38.3 Å². The molecule has 1 aliphatic heterocycles. The third-order valence-electron chi connectivity index (χ3n) is 3.15. The number of hydrogen-bond donors (Lipinski definition) is 1. The van der Waals surface area contributed by atoms with Crippen molar-refractivity contribution in [3.63, 3.8) is 0 Å². The maximum atomic E-state index is 5.54. The Balaban J connectivity index is 1.99. The predicted molar refractivity (Wildman–Crippen MR) is 75.7 cm³/mol. The number of nitrogens with one attached hydrogen (secondary N) is 1. The van der Waals surface area contributed by atoms with E-state index in [1.807, 2.05) is 20.8 Å². The van der Waals surface area contributed by atoms with Crippen LogP contribution in [0.5, 0.6) is 0 Å². The smallest absolute Gasteiger partial charge is 0.0813 e. The first kappa shape index (κ1) is 13.4. The lowest BCUT2D eigenvalue weighted by Gasteiger charge is -2.28. The Hall–Kier alpha value is -1.06. The van der Waals surface area contributed by atoms with Crippen LogP contribution in [0.2, 0.25) is 0 Å². The number of nitrogens with zero attached hydrogens (tertiary/aromatic N) is 1. The van der Waals surface area contributed by atoms with Crippen molar-refractivity contribution in [1.82, 2.24) is 5.48 Å². The Bertz CT molecular complexity index is 409. The normalized spacial score (nSPS) is 15.7. The molecule has 0 radical (unpaired) electrons. The zero-order chi connectivity index (χ0) is 13.2. The van der Waals surface area contributed by atoms with E-state index in [1.54, 1.807) is 0 Å². The highest BCUT2D eigenvalue weighted by molar-refractivity contribution is 5.56. The highest BCUT2D eigenvalue weighted by Crippen LogP contribution is 2.26. The number of hydrogen-bond acceptors (Lipinski definition) is 3. The first-order valence-electron chi connectivity index (χ1n) is 6.69. The Morgan fingerprint density at radius 3 is 2.83 bits per heavy atom. The van der Waals surface area contributed by atoms with Crippen LogP contribution in [0.25, 0.3) is 0 Å². The van der Waals surface area contributed by atoms with Crippen molar-refractivity contribution in [2.45, 2.75) is 45.8 Å². The van der Waals surface area contributed by atoms with E-state index in [2.05, 4.69) is 35.6 Å². The molecule has 1 heterocycles. The Kier molecular flexibility index (Phi) is 3.93. The SMILES string of the molecule is CN1CCCc2cc(CNOC(C)(C)C)ccc21. The van der Waals surface area contributed by atoms with Crippen molar-refractivity contribution >= 4 is 5.69 Å². The minimum absolute atomic E-state index is 0.144. The second kappa shape index (κ2) is 5.29. The number of fused-ring (bicyclic) bond motifs is 1. The lowest BCUT2D eigenvalue weighted by atomic mass is 10.00. The summed E-state index contributed by atoms with van der Waals surface area (Å²) in [5.74, 6) is 0. The first-order chi connectivity index (χ1) is 8.46. The second-order valence-electron chi connectivity index (χ2n) is 6.02. The molecule has 0 aromatic heterocycles. The number of benzene rings is 1. The van der Waals surface area contributed by atoms with Crippen molar-refractivity contribution in [3.05, 3.63) is 29.3 Å². The maximum absolute atomic E-state index is 5.54. The van der Waals surface area contributed by atoms with Crippen LogP contribution in [0.3, 0.4) is 0 Å². The van der Waals surface area contributed by atoms with Crippen molar-refractivity contribution in [3.8, 4) is 0 Å². The van der Waals surface area contributed by atoms with Gasteiger partial charge in [0.05, 0.1) is 5.60 Å². The van der Waals surface area contributed by atoms with Gasteiger partial charge in [0.1, 0.15) is 0 Å². The molecular weight excluding hydrogens is 224 g/mol. The molecule has 1 N–H and O–H groups in total. The Morgan fingerprint density at radius 1 is 1.33 bits per heavy atom. The molecule has 2 rings (SSSR count). The topological polar surface area (TPSA) is 24.5 Å². The molecule has 100 valence electrons. The van der Waals surface area contributed by atoms with E-state index < -0.39 is 0 Å². The molecular formula is C15H24N2O. The summed E-state index contributed by atoms with van der Waals surface area (Å²) in [7, 11) is 2.17. The molecule has 1 aromatic carbocycles. The van der Waals surface area contributed by atoms with Crippen LogP contribution in [-0.4, -0.2) is 19.2 Å². The molecule has 0 spiro atoms. The zero-order valence-electron chi connectivity index (χ0n) is 11.9. The molecule has 18 heavy (non-hydrogen) atoms. The number of hydroxylamine groups is 1. The van der Waals surface area contributed by atoms with Crippen molar-refractivity contribution in [2.24, 2.45) is 0 Å². The largest absolute Gasteiger partial charge is 0.374 e. The van der Waals surface area contributed by atoms with Gasteiger partial charge in [0.15, 0.2) is 0 Å². The van der Waals surface area contributed by atoms with E-state index in [9.17, 15) is 0 Å². The lowest BCUT2D eigenvalue weighted by molar-refractivity contribution is -0.0757. The molecule has 1 aliphatic rings. The summed E-state index contributed by atoms with van der Waals surface area (Å²) in [5, 5.41) is 0. The summed E-state index contributed by atoms with van der Waals surface area (Å²) >= 11 is 0. The molecule has 0 amide bonds. The minimum Gasteiger partial charge on any atom is -0.374 e. The summed E-state index contributed by atoms with van der Waals surface area (Å²) in [4.78, 5) is 7.87. The van der Waals surface area contributed by atoms with Gasteiger partial charge in [-0.05, 0) is 50.8 Å². The van der Waals surface area contributed by atoms with Crippen molar-refractivity contribution < 1.29 is 4.84 Å². The van der Waals surface area contributed by atoms with Crippen LogP contribution < -0.4 is 10.4 Å². The van der Waals surface area contributed by atoms with E-state index >= 15 is 0 Å². The Morgan fingerprint density at radius 2 is 2.11 bits per heavy atom. The summed E-state index contributed by atoms with van der Waals surface area (Å²) in [6.07, 6.45) is 2.44. The summed E-state index contributed by atoms with van der Waals surface area (Å²) in [6.45, 7) is 8.05. The molecule has 0 fully saturated rings. The molecule has 0 bridgehead atoms. The molecule has 0 unspecified atom stereocenters. The van der Waals surface area contributed by atoms with Gasteiger partial charge in [0.2, 0.25) is 0 Å². The van der Waals surface area contributed by atoms with E-state index in [4.69, 9.17) is 4.84 Å². The van der Waals surface area contributed by atoms with E-state index in [0.717, 1.165) is 13.1 Å². The van der Waals surface area contributed by atoms with Crippen LogP contribution in [0.4, 0.5) is 5.69 Å². The number of anilines is 1. The molecule has 0 saturated carbocycles. The van der Waals surface area contributed by atoms with E-state index in [-0.39, 0.29) is 5.60 Å². The standard InChI is InChI=1S/C15H24N2O/c1-15(2,3)18-16-11-12-7-8-14-13(10-12)6-5-9-17(14)4/h7-8,10,16H,5-6,9,11H2,1-4H3. The third-order valence-corrected chi connectivity index (χ3v) is 3.15. The quantitative estimate of drug-likeness (QED) is 0.832. The average molecular weight is 248 g/mol. The minimum atomic E-state index is -0.144. The maximum Gasteiger partial charge on any atom is 0.0813 e. The number of rotatable bonds is 3. The number of aryl methyl sites for hydroxylation is 1. The van der Waals surface area contributed by atoms with Crippen LogP contribution >= 0.6 is 0 Å². The summed E-state index contributed by atoms with van der Waals surface area (Å²) in [6, 6.07) is 6.70. The van der Waals surface area contributed by atoms with Gasteiger partial charge in [0.25, 0.3) is 0 Å². The molecule has 1 aromatic rings. The van der Waals surface area contributed by atoms with Crippen LogP contribution in [0.15, 0.2) is 18.2 Å². The van der Waals surface area contributed by atoms with E-state index in [1.165, 1.54) is 29.7 Å². The fourth-order valence-corrected chi connectivity index (χ4v) is 2.28. The molecule has 0 aliphatic carbocycles. The van der Waals surface area contributed by atoms with E-state index in [0.29, 0.717) is 0 Å². The van der Waals surface area contributed by atoms with Gasteiger partial charge in [-0.2, -0.15) is 5.48 Å². The monoisotopic (exact) mass is 248 g/mol. The van der Waals surface area contributed by atoms with Gasteiger partial charge < -0.3 is 4.90 Å². The Labute approximate surface area is 110 Å². The fraction of sp³-hybridized carbons (Fsp3) is 0.600. The van der Waals surface area contributed by atoms with Crippen LogP contribution in [-0.2, 0) is 17.8 Å². The average Bonchev–Trinajstić information content (AvgIpc) is 2.27. The van der Waals surface area contributed by atoms with Gasteiger partial charge in [-0.15, -0.1) is 0 Å². The van der Waals surface area contributed by atoms with Gasteiger partial charge >= 0.3 is 0 Å². The van der Waals surface area contributed by atoms with Crippen molar-refractivity contribution in [2.75, 3.05) is 18.5 Å². The zero-order valence-corrected chi connectivity index (χ0v) is 11.9. The van der Waals surface area contributed by atoms with Gasteiger partial charge in [-0.1, -0.05) is 12.1 Å². The van der Waals surface area contributed by atoms with Crippen molar-refractivity contribution in [1.29, 1.82) is 0 Å². The second-order valence-corrected chi connectivity index (χ2v) is 6.02. The summed E-state index contributed by atoms with van der Waals surface area (Å²) < 4.78 is 0. The summed E-state index contributed by atoms with van der Waals surface area (Å²) in [5.41, 5.74) is 7.02. The predicted octanol–water partition coefficient (Wildman–Crippen LogP) is 2.89.